The zero-order valence-electron chi connectivity index (χ0n) is 15.8. The largest absolute Gasteiger partial charge is 0.482 e. The second-order valence-electron chi connectivity index (χ2n) is 6.70. The topological polar surface area (TPSA) is 71.5 Å². The van der Waals surface area contributed by atoms with Gasteiger partial charge in [0.2, 0.25) is 0 Å². The van der Waals surface area contributed by atoms with E-state index in [1.54, 1.807) is 53.7 Å². The molecule has 0 radical (unpaired) electrons. The van der Waals surface area contributed by atoms with E-state index in [1.807, 2.05) is 12.1 Å². The fraction of sp³-hybridized carbons (Fsp3) is 0.136. The van der Waals surface area contributed by atoms with Crippen LogP contribution < -0.4 is 15.0 Å². The number of benzene rings is 2. The second-order valence-corrected chi connectivity index (χ2v) is 7.55. The Morgan fingerprint density at radius 2 is 2.00 bits per heavy atom. The lowest BCUT2D eigenvalue weighted by Crippen LogP contribution is -2.29. The minimum absolute atomic E-state index is 0.119. The van der Waals surface area contributed by atoms with Crippen LogP contribution in [0.5, 0.6) is 5.75 Å². The van der Waals surface area contributed by atoms with Gasteiger partial charge < -0.3 is 15.0 Å². The fourth-order valence-electron chi connectivity index (χ4n) is 3.25. The molecule has 0 unspecified atom stereocenters. The van der Waals surface area contributed by atoms with E-state index < -0.39 is 0 Å². The zero-order valence-corrected chi connectivity index (χ0v) is 17.3. The standard InChI is InChI=1S/C22H17Cl2N3O3/c23-16-4-6-20(18(24)10-16)30-13-21(28)26-17-5-3-14-7-9-27(19(14)11-17)22(29)15-2-1-8-25-12-15/h1-6,8,10-12H,7,9,13H2,(H,26,28). The Balaban J connectivity index is 1.43. The van der Waals surface area contributed by atoms with Gasteiger partial charge in [0.25, 0.3) is 11.8 Å². The van der Waals surface area contributed by atoms with Crippen molar-refractivity contribution in [3.8, 4) is 5.75 Å². The van der Waals surface area contributed by atoms with Gasteiger partial charge in [-0.1, -0.05) is 29.3 Å². The molecule has 0 aliphatic carbocycles. The number of aromatic nitrogens is 1. The Hall–Kier alpha value is -3.09. The predicted molar refractivity (Wildman–Crippen MR) is 117 cm³/mol. The molecule has 4 rings (SSSR count). The third-order valence-corrected chi connectivity index (χ3v) is 5.20. The third kappa shape index (κ3) is 4.40. The van der Waals surface area contributed by atoms with E-state index in [0.29, 0.717) is 33.6 Å². The quantitative estimate of drug-likeness (QED) is 0.627. The lowest BCUT2D eigenvalue weighted by Gasteiger charge is -2.18. The van der Waals surface area contributed by atoms with Crippen LogP contribution in [0.15, 0.2) is 60.9 Å². The van der Waals surface area contributed by atoms with E-state index in [0.717, 1.165) is 17.7 Å². The summed E-state index contributed by atoms with van der Waals surface area (Å²) in [6, 6.07) is 13.8. The first-order valence-electron chi connectivity index (χ1n) is 9.24. The Morgan fingerprint density at radius 3 is 2.77 bits per heavy atom. The summed E-state index contributed by atoms with van der Waals surface area (Å²) in [7, 11) is 0. The van der Waals surface area contributed by atoms with Gasteiger partial charge in [0, 0.05) is 35.3 Å². The maximum Gasteiger partial charge on any atom is 0.262 e. The van der Waals surface area contributed by atoms with Crippen LogP contribution in [0.25, 0.3) is 0 Å². The monoisotopic (exact) mass is 441 g/mol. The van der Waals surface area contributed by atoms with Crippen LogP contribution in [0.4, 0.5) is 11.4 Å². The number of fused-ring (bicyclic) bond motifs is 1. The lowest BCUT2D eigenvalue weighted by molar-refractivity contribution is -0.118. The minimum Gasteiger partial charge on any atom is -0.482 e. The molecule has 1 aromatic heterocycles. The van der Waals surface area contributed by atoms with Gasteiger partial charge in [-0.05, 0) is 54.4 Å². The van der Waals surface area contributed by atoms with E-state index in [-0.39, 0.29) is 18.4 Å². The highest BCUT2D eigenvalue weighted by Gasteiger charge is 2.26. The van der Waals surface area contributed by atoms with Crippen LogP contribution in [0.3, 0.4) is 0 Å². The van der Waals surface area contributed by atoms with Gasteiger partial charge >= 0.3 is 0 Å². The van der Waals surface area contributed by atoms with Gasteiger partial charge in [-0.2, -0.15) is 0 Å². The molecule has 3 aromatic rings. The van der Waals surface area contributed by atoms with Crippen LogP contribution in [-0.2, 0) is 11.2 Å². The van der Waals surface area contributed by atoms with Crippen LogP contribution >= 0.6 is 23.2 Å². The van der Waals surface area contributed by atoms with E-state index >= 15 is 0 Å². The normalized spacial score (nSPS) is 12.4. The summed E-state index contributed by atoms with van der Waals surface area (Å²) in [5.74, 6) is -0.0893. The smallest absolute Gasteiger partial charge is 0.262 e. The van der Waals surface area contributed by atoms with Gasteiger partial charge in [-0.25, -0.2) is 0 Å². The lowest BCUT2D eigenvalue weighted by atomic mass is 10.1. The number of hydrogen-bond acceptors (Lipinski definition) is 4. The molecule has 0 saturated heterocycles. The van der Waals surface area contributed by atoms with Crippen molar-refractivity contribution in [1.82, 2.24) is 4.98 Å². The summed E-state index contributed by atoms with van der Waals surface area (Å²) in [5.41, 5.74) is 2.93. The van der Waals surface area contributed by atoms with Crippen molar-refractivity contribution in [3.05, 3.63) is 82.1 Å². The summed E-state index contributed by atoms with van der Waals surface area (Å²) in [5, 5.41) is 3.61. The van der Waals surface area contributed by atoms with Crippen molar-refractivity contribution in [3.63, 3.8) is 0 Å². The number of ether oxygens (including phenoxy) is 1. The Labute approximate surface area is 183 Å². The molecule has 6 nitrogen and oxygen atoms in total. The molecule has 0 fully saturated rings. The molecule has 2 aromatic carbocycles. The van der Waals surface area contributed by atoms with Crippen LogP contribution in [0, 0.1) is 0 Å². The van der Waals surface area contributed by atoms with E-state index in [4.69, 9.17) is 27.9 Å². The average molecular weight is 442 g/mol. The van der Waals surface area contributed by atoms with Gasteiger partial charge in [0.15, 0.2) is 6.61 Å². The first-order chi connectivity index (χ1) is 14.5. The van der Waals surface area contributed by atoms with Gasteiger partial charge in [-0.15, -0.1) is 0 Å². The van der Waals surface area contributed by atoms with Crippen LogP contribution in [0.2, 0.25) is 10.0 Å². The molecule has 1 N–H and O–H groups in total. The molecular weight excluding hydrogens is 425 g/mol. The number of rotatable bonds is 5. The molecule has 0 atom stereocenters. The Bertz CT molecular complexity index is 1110. The number of carbonyl (C=O) groups is 2. The molecule has 1 aliphatic rings. The SMILES string of the molecule is O=C(COc1ccc(Cl)cc1Cl)Nc1ccc2c(c1)N(C(=O)c1cccnc1)CC2. The molecule has 2 amide bonds. The molecule has 8 heteroatoms. The molecule has 0 saturated carbocycles. The van der Waals surface area contributed by atoms with Gasteiger partial charge in [0.05, 0.1) is 10.6 Å². The van der Waals surface area contributed by atoms with Crippen molar-refractivity contribution in [2.45, 2.75) is 6.42 Å². The highest BCUT2D eigenvalue weighted by molar-refractivity contribution is 6.35. The summed E-state index contributed by atoms with van der Waals surface area (Å²) in [4.78, 5) is 30.8. The highest BCUT2D eigenvalue weighted by atomic mass is 35.5. The summed E-state index contributed by atoms with van der Waals surface area (Å²) < 4.78 is 5.46. The third-order valence-electron chi connectivity index (χ3n) is 4.67. The Kier molecular flexibility index (Phi) is 5.88. The first kappa shape index (κ1) is 20.2. The van der Waals surface area contributed by atoms with Crippen molar-refractivity contribution in [2.24, 2.45) is 0 Å². The highest BCUT2D eigenvalue weighted by Crippen LogP contribution is 2.32. The molecule has 30 heavy (non-hydrogen) atoms. The van der Waals surface area contributed by atoms with Gasteiger partial charge in [-0.3, -0.25) is 14.6 Å². The number of hydrogen-bond donors (Lipinski definition) is 1. The number of nitrogens with zero attached hydrogens (tertiary/aromatic N) is 2. The molecular formula is C22H17Cl2N3O3. The van der Waals surface area contributed by atoms with Crippen molar-refractivity contribution in [2.75, 3.05) is 23.4 Å². The van der Waals surface area contributed by atoms with Gasteiger partial charge in [0.1, 0.15) is 5.75 Å². The summed E-state index contributed by atoms with van der Waals surface area (Å²) in [6.45, 7) is 0.370. The predicted octanol–water partition coefficient (Wildman–Crippen LogP) is 4.61. The fourth-order valence-corrected chi connectivity index (χ4v) is 3.71. The number of carbonyl (C=O) groups excluding carboxylic acids is 2. The van der Waals surface area contributed by atoms with E-state index in [9.17, 15) is 9.59 Å². The maximum atomic E-state index is 12.8. The summed E-state index contributed by atoms with van der Waals surface area (Å²) >= 11 is 11.9. The van der Waals surface area contributed by atoms with Crippen molar-refractivity contribution in [1.29, 1.82) is 0 Å². The van der Waals surface area contributed by atoms with Crippen molar-refractivity contribution < 1.29 is 14.3 Å². The Morgan fingerprint density at radius 1 is 1.13 bits per heavy atom. The number of halogens is 2. The molecule has 0 spiro atoms. The molecule has 152 valence electrons. The molecule has 1 aliphatic heterocycles. The summed E-state index contributed by atoms with van der Waals surface area (Å²) in [6.07, 6.45) is 3.93. The number of nitrogens with one attached hydrogen (secondary N) is 1. The van der Waals surface area contributed by atoms with E-state index in [2.05, 4.69) is 10.3 Å². The zero-order chi connectivity index (χ0) is 21.1. The first-order valence-corrected chi connectivity index (χ1v) is 9.99. The average Bonchev–Trinajstić information content (AvgIpc) is 3.16. The number of amides is 2. The van der Waals surface area contributed by atoms with Crippen molar-refractivity contribution >= 4 is 46.4 Å². The molecule has 0 bridgehead atoms. The molecule has 2 heterocycles. The minimum atomic E-state index is -0.343. The van der Waals surface area contributed by atoms with Crippen LogP contribution in [-0.4, -0.2) is 29.9 Å². The van der Waals surface area contributed by atoms with E-state index in [1.165, 1.54) is 0 Å². The second kappa shape index (κ2) is 8.73. The maximum absolute atomic E-state index is 12.8. The van der Waals surface area contributed by atoms with Crippen LogP contribution in [0.1, 0.15) is 15.9 Å². The number of anilines is 2. The number of pyridine rings is 1.